The van der Waals surface area contributed by atoms with Crippen LogP contribution in [0.5, 0.6) is 0 Å². The highest BCUT2D eigenvalue weighted by Gasteiger charge is 2.39. The SMILES string of the molecule is CN(CC1(O)CCN(c2cnccn2)C1)C(=O)c1cc(C(C)(C)C)[nH]n1. The number of rotatable bonds is 4. The molecule has 0 saturated carbocycles. The second-order valence-corrected chi connectivity index (χ2v) is 8.04. The third kappa shape index (κ3) is 3.85. The number of likely N-dealkylation sites (N-methyl/N-ethyl adjacent to an activating group) is 1. The molecule has 8 heteroatoms. The molecular weight excluding hydrogens is 332 g/mol. The molecule has 3 heterocycles. The topological polar surface area (TPSA) is 98.2 Å². The Morgan fingerprint density at radius 3 is 2.81 bits per heavy atom. The molecular formula is C18H26N6O2. The van der Waals surface area contributed by atoms with E-state index in [9.17, 15) is 9.90 Å². The highest BCUT2D eigenvalue weighted by Crippen LogP contribution is 2.26. The molecule has 1 aliphatic rings. The molecule has 8 nitrogen and oxygen atoms in total. The van der Waals surface area contributed by atoms with E-state index in [1.165, 1.54) is 4.90 Å². The summed E-state index contributed by atoms with van der Waals surface area (Å²) < 4.78 is 0. The van der Waals surface area contributed by atoms with Gasteiger partial charge in [-0.1, -0.05) is 20.8 Å². The maximum absolute atomic E-state index is 12.7. The van der Waals surface area contributed by atoms with Crippen molar-refractivity contribution >= 4 is 11.7 Å². The number of amides is 1. The molecule has 2 aromatic rings. The summed E-state index contributed by atoms with van der Waals surface area (Å²) in [6.07, 6.45) is 5.49. The molecule has 0 aliphatic carbocycles. The predicted molar refractivity (Wildman–Crippen MR) is 98.1 cm³/mol. The molecule has 3 rings (SSSR count). The number of aromatic nitrogens is 4. The van der Waals surface area contributed by atoms with E-state index in [-0.39, 0.29) is 17.9 Å². The monoisotopic (exact) mass is 358 g/mol. The van der Waals surface area contributed by atoms with Crippen LogP contribution in [0.1, 0.15) is 43.4 Å². The van der Waals surface area contributed by atoms with Crippen LogP contribution < -0.4 is 4.90 Å². The minimum absolute atomic E-state index is 0.106. The second-order valence-electron chi connectivity index (χ2n) is 8.04. The summed E-state index contributed by atoms with van der Waals surface area (Å²) in [5, 5.41) is 18.0. The standard InChI is InChI=1S/C18H26N6O2/c1-17(2,3)14-9-13(21-22-14)16(25)23(4)11-18(26)5-8-24(12-18)15-10-19-6-7-20-15/h6-7,9-10,26H,5,8,11-12H2,1-4H3,(H,21,22). The van der Waals surface area contributed by atoms with Crippen molar-refractivity contribution in [3.8, 4) is 0 Å². The first-order chi connectivity index (χ1) is 12.2. The Balaban J connectivity index is 1.65. The molecule has 0 radical (unpaired) electrons. The first kappa shape index (κ1) is 18.3. The van der Waals surface area contributed by atoms with Crippen LogP contribution in [0.3, 0.4) is 0 Å². The Labute approximate surface area is 153 Å². The molecule has 1 aliphatic heterocycles. The van der Waals surface area contributed by atoms with Crippen LogP contribution in [0.15, 0.2) is 24.7 Å². The maximum Gasteiger partial charge on any atom is 0.274 e. The molecule has 2 aromatic heterocycles. The van der Waals surface area contributed by atoms with Crippen LogP contribution >= 0.6 is 0 Å². The quantitative estimate of drug-likeness (QED) is 0.852. The van der Waals surface area contributed by atoms with E-state index in [1.54, 1.807) is 31.7 Å². The largest absolute Gasteiger partial charge is 0.386 e. The normalized spacial score (nSPS) is 20.4. The molecule has 1 amide bonds. The fourth-order valence-corrected chi connectivity index (χ4v) is 3.16. The first-order valence-corrected chi connectivity index (χ1v) is 8.73. The van der Waals surface area contributed by atoms with E-state index >= 15 is 0 Å². The lowest BCUT2D eigenvalue weighted by Crippen LogP contribution is -2.46. The number of aromatic amines is 1. The summed E-state index contributed by atoms with van der Waals surface area (Å²) in [5.41, 5.74) is 0.184. The van der Waals surface area contributed by atoms with Crippen molar-refractivity contribution in [2.24, 2.45) is 0 Å². The lowest BCUT2D eigenvalue weighted by Gasteiger charge is -2.28. The molecule has 0 aromatic carbocycles. The number of β-amino-alcohol motifs (C(OH)–C–C–N with tert-alkyl or cyclic N) is 1. The van der Waals surface area contributed by atoms with Crippen LogP contribution in [-0.4, -0.2) is 68.4 Å². The Morgan fingerprint density at radius 1 is 1.42 bits per heavy atom. The van der Waals surface area contributed by atoms with E-state index in [0.29, 0.717) is 25.2 Å². The second kappa shape index (κ2) is 6.68. The number of nitrogens with zero attached hydrogens (tertiary/aromatic N) is 5. The summed E-state index contributed by atoms with van der Waals surface area (Å²) in [6.45, 7) is 7.49. The molecule has 0 bridgehead atoms. The van der Waals surface area contributed by atoms with Gasteiger partial charge < -0.3 is 14.9 Å². The molecule has 2 N–H and O–H groups in total. The number of nitrogens with one attached hydrogen (secondary N) is 1. The van der Waals surface area contributed by atoms with E-state index in [2.05, 4.69) is 40.9 Å². The highest BCUT2D eigenvalue weighted by molar-refractivity contribution is 5.92. The molecule has 1 fully saturated rings. The average molecular weight is 358 g/mol. The first-order valence-electron chi connectivity index (χ1n) is 8.73. The van der Waals surface area contributed by atoms with Gasteiger partial charge in [0.25, 0.3) is 5.91 Å². The van der Waals surface area contributed by atoms with Crippen LogP contribution in [0.25, 0.3) is 0 Å². The Hall–Kier alpha value is -2.48. The zero-order chi connectivity index (χ0) is 18.9. The third-order valence-electron chi connectivity index (χ3n) is 4.69. The van der Waals surface area contributed by atoms with Crippen molar-refractivity contribution in [1.82, 2.24) is 25.1 Å². The van der Waals surface area contributed by atoms with E-state index in [4.69, 9.17) is 0 Å². The summed E-state index contributed by atoms with van der Waals surface area (Å²) >= 11 is 0. The van der Waals surface area contributed by atoms with Gasteiger partial charge >= 0.3 is 0 Å². The molecule has 1 saturated heterocycles. The molecule has 0 spiro atoms. The van der Waals surface area contributed by atoms with Crippen LogP contribution in [0.2, 0.25) is 0 Å². The number of H-pyrrole nitrogens is 1. The van der Waals surface area contributed by atoms with Crippen molar-refractivity contribution in [1.29, 1.82) is 0 Å². The third-order valence-corrected chi connectivity index (χ3v) is 4.69. The fraction of sp³-hybridized carbons (Fsp3) is 0.556. The van der Waals surface area contributed by atoms with Crippen molar-refractivity contribution in [2.45, 2.75) is 38.2 Å². The number of carbonyl (C=O) groups excluding carboxylic acids is 1. The smallest absolute Gasteiger partial charge is 0.274 e. The Kier molecular flexibility index (Phi) is 4.70. The number of hydrogen-bond donors (Lipinski definition) is 2. The van der Waals surface area contributed by atoms with Gasteiger partial charge in [-0.05, 0) is 12.5 Å². The number of carbonyl (C=O) groups is 1. The predicted octanol–water partition coefficient (Wildman–Crippen LogP) is 1.21. The lowest BCUT2D eigenvalue weighted by atomic mass is 9.92. The summed E-state index contributed by atoms with van der Waals surface area (Å²) in [7, 11) is 1.69. The van der Waals surface area contributed by atoms with Crippen LogP contribution in [0.4, 0.5) is 5.82 Å². The van der Waals surface area contributed by atoms with Gasteiger partial charge in [0.05, 0.1) is 12.7 Å². The van der Waals surface area contributed by atoms with Gasteiger partial charge in [-0.2, -0.15) is 5.10 Å². The summed E-state index contributed by atoms with van der Waals surface area (Å²) in [5.74, 6) is 0.530. The van der Waals surface area contributed by atoms with Gasteiger partial charge in [-0.15, -0.1) is 0 Å². The Bertz CT molecular complexity index is 769. The van der Waals surface area contributed by atoms with Gasteiger partial charge in [0, 0.05) is 43.6 Å². The van der Waals surface area contributed by atoms with Gasteiger partial charge in [-0.3, -0.25) is 14.9 Å². The van der Waals surface area contributed by atoms with E-state index in [1.807, 2.05) is 4.90 Å². The van der Waals surface area contributed by atoms with E-state index < -0.39 is 5.60 Å². The number of aliphatic hydroxyl groups is 1. The zero-order valence-corrected chi connectivity index (χ0v) is 15.7. The molecule has 140 valence electrons. The summed E-state index contributed by atoms with van der Waals surface area (Å²) in [4.78, 5) is 24.5. The van der Waals surface area contributed by atoms with Gasteiger partial charge in [0.1, 0.15) is 17.1 Å². The van der Waals surface area contributed by atoms with Crippen LogP contribution in [-0.2, 0) is 5.41 Å². The van der Waals surface area contributed by atoms with Gasteiger partial charge in [-0.25, -0.2) is 4.98 Å². The van der Waals surface area contributed by atoms with Crippen LogP contribution in [0, 0.1) is 0 Å². The zero-order valence-electron chi connectivity index (χ0n) is 15.7. The molecule has 1 unspecified atom stereocenters. The summed E-state index contributed by atoms with van der Waals surface area (Å²) in [6, 6.07) is 1.78. The average Bonchev–Trinajstić information content (AvgIpc) is 3.22. The van der Waals surface area contributed by atoms with Crippen molar-refractivity contribution in [3.63, 3.8) is 0 Å². The Morgan fingerprint density at radius 2 is 2.19 bits per heavy atom. The lowest BCUT2D eigenvalue weighted by molar-refractivity contribution is 0.0262. The van der Waals surface area contributed by atoms with Gasteiger partial charge in [0.2, 0.25) is 0 Å². The molecule has 26 heavy (non-hydrogen) atoms. The number of anilines is 1. The number of hydrogen-bond acceptors (Lipinski definition) is 6. The molecule has 1 atom stereocenters. The minimum atomic E-state index is -0.981. The fourth-order valence-electron chi connectivity index (χ4n) is 3.16. The van der Waals surface area contributed by atoms with Crippen molar-refractivity contribution in [3.05, 3.63) is 36.0 Å². The van der Waals surface area contributed by atoms with Crippen molar-refractivity contribution < 1.29 is 9.90 Å². The highest BCUT2D eigenvalue weighted by atomic mass is 16.3. The van der Waals surface area contributed by atoms with E-state index in [0.717, 1.165) is 11.5 Å². The minimum Gasteiger partial charge on any atom is -0.386 e. The van der Waals surface area contributed by atoms with Gasteiger partial charge in [0.15, 0.2) is 0 Å². The van der Waals surface area contributed by atoms with Crippen molar-refractivity contribution in [2.75, 3.05) is 31.6 Å². The maximum atomic E-state index is 12.7.